The normalized spacial score (nSPS) is 17.5. The summed E-state index contributed by atoms with van der Waals surface area (Å²) >= 11 is 3.30. The number of hydrogen-bond donors (Lipinski definition) is 1. The number of rotatable bonds is 8. The number of piperidine rings is 1. The Morgan fingerprint density at radius 3 is 2.67 bits per heavy atom. The molecule has 2 aromatic carbocycles. The van der Waals surface area contributed by atoms with E-state index in [1.54, 1.807) is 42.5 Å². The van der Waals surface area contributed by atoms with Crippen LogP contribution < -0.4 is 10.1 Å². The highest BCUT2D eigenvalue weighted by Crippen LogP contribution is 2.25. The van der Waals surface area contributed by atoms with Crippen LogP contribution in [-0.2, 0) is 14.8 Å². The third kappa shape index (κ3) is 5.80. The number of ether oxygens (including phenoxy) is 1. The van der Waals surface area contributed by atoms with Crippen LogP contribution in [0.2, 0.25) is 0 Å². The average molecular weight is 499 g/mol. The molecule has 1 saturated heterocycles. The molecule has 9 heteroatoms. The zero-order chi connectivity index (χ0) is 21.6. The third-order valence-corrected chi connectivity index (χ3v) is 7.33. The maximum absolute atomic E-state index is 13.5. The fourth-order valence-electron chi connectivity index (χ4n) is 3.30. The van der Waals surface area contributed by atoms with Crippen molar-refractivity contribution in [2.75, 3.05) is 26.2 Å². The Bertz CT molecular complexity index is 969. The highest BCUT2D eigenvalue weighted by Gasteiger charge is 2.33. The fourth-order valence-corrected chi connectivity index (χ4v) is 5.09. The molecule has 1 N–H and O–H groups in total. The number of nitrogens with zero attached hydrogens (tertiary/aromatic N) is 1. The first-order valence-electron chi connectivity index (χ1n) is 9.78. The highest BCUT2D eigenvalue weighted by atomic mass is 79.9. The first-order valence-corrected chi connectivity index (χ1v) is 12.0. The summed E-state index contributed by atoms with van der Waals surface area (Å²) in [6, 6.07) is 12.6. The van der Waals surface area contributed by atoms with Gasteiger partial charge < -0.3 is 10.1 Å². The summed E-state index contributed by atoms with van der Waals surface area (Å²) in [6.07, 6.45) is 1.79. The van der Waals surface area contributed by atoms with Gasteiger partial charge in [0.1, 0.15) is 0 Å². The third-order valence-electron chi connectivity index (χ3n) is 4.92. The van der Waals surface area contributed by atoms with E-state index >= 15 is 0 Å². The molecule has 1 heterocycles. The smallest absolute Gasteiger partial charge is 0.243 e. The molecule has 2 aromatic rings. The van der Waals surface area contributed by atoms with E-state index in [2.05, 4.69) is 21.2 Å². The van der Waals surface area contributed by atoms with Crippen LogP contribution in [0, 0.1) is 11.7 Å². The molecule has 1 aliphatic heterocycles. The van der Waals surface area contributed by atoms with E-state index in [-0.39, 0.29) is 29.7 Å². The summed E-state index contributed by atoms with van der Waals surface area (Å²) in [6.45, 7) is 1.22. The van der Waals surface area contributed by atoms with Crippen molar-refractivity contribution in [1.29, 1.82) is 0 Å². The molecule has 3 rings (SSSR count). The Labute approximate surface area is 184 Å². The van der Waals surface area contributed by atoms with E-state index < -0.39 is 21.8 Å². The standard InChI is InChI=1S/C21H24BrFN2O4S/c22-17-8-10-18(11-9-17)30(27,28)25-13-3-5-16(15-25)21(26)24-12-4-14-29-20-7-2-1-6-19(20)23/h1-2,6-11,16H,3-5,12-15H2,(H,24,26). The van der Waals surface area contributed by atoms with Gasteiger partial charge in [0.15, 0.2) is 11.6 Å². The Morgan fingerprint density at radius 1 is 1.20 bits per heavy atom. The molecule has 30 heavy (non-hydrogen) atoms. The summed E-state index contributed by atoms with van der Waals surface area (Å²) in [7, 11) is -3.63. The SMILES string of the molecule is O=C(NCCCOc1ccccc1F)C1CCCN(S(=O)(=O)c2ccc(Br)cc2)C1. The van der Waals surface area contributed by atoms with Crippen LogP contribution in [0.1, 0.15) is 19.3 Å². The monoisotopic (exact) mass is 498 g/mol. The molecule has 0 radical (unpaired) electrons. The summed E-state index contributed by atoms with van der Waals surface area (Å²) in [5, 5.41) is 2.83. The molecule has 1 aliphatic rings. The summed E-state index contributed by atoms with van der Waals surface area (Å²) in [5.74, 6) is -0.797. The minimum Gasteiger partial charge on any atom is -0.490 e. The topological polar surface area (TPSA) is 75.7 Å². The number of sulfonamides is 1. The van der Waals surface area contributed by atoms with Crippen LogP contribution in [0.15, 0.2) is 57.9 Å². The number of carbonyl (C=O) groups excluding carboxylic acids is 1. The second-order valence-corrected chi connectivity index (χ2v) is 9.93. The quantitative estimate of drug-likeness (QED) is 0.564. The van der Waals surface area contributed by atoms with Gasteiger partial charge in [-0.05, 0) is 55.7 Å². The minimum atomic E-state index is -3.63. The maximum Gasteiger partial charge on any atom is 0.243 e. The lowest BCUT2D eigenvalue weighted by molar-refractivity contribution is -0.126. The van der Waals surface area contributed by atoms with E-state index in [1.807, 2.05) is 0 Å². The number of carbonyl (C=O) groups is 1. The zero-order valence-corrected chi connectivity index (χ0v) is 18.8. The average Bonchev–Trinajstić information content (AvgIpc) is 2.75. The van der Waals surface area contributed by atoms with Crippen LogP contribution in [0.4, 0.5) is 4.39 Å². The lowest BCUT2D eigenvalue weighted by Gasteiger charge is -2.31. The molecule has 6 nitrogen and oxygen atoms in total. The van der Waals surface area contributed by atoms with Gasteiger partial charge >= 0.3 is 0 Å². The highest BCUT2D eigenvalue weighted by molar-refractivity contribution is 9.10. The van der Waals surface area contributed by atoms with E-state index in [9.17, 15) is 17.6 Å². The van der Waals surface area contributed by atoms with Crippen molar-refractivity contribution in [2.45, 2.75) is 24.2 Å². The van der Waals surface area contributed by atoms with Crippen LogP contribution in [0.5, 0.6) is 5.75 Å². The van der Waals surface area contributed by atoms with Crippen molar-refractivity contribution in [2.24, 2.45) is 5.92 Å². The number of para-hydroxylation sites is 1. The van der Waals surface area contributed by atoms with Crippen molar-refractivity contribution in [3.63, 3.8) is 0 Å². The largest absolute Gasteiger partial charge is 0.490 e. The van der Waals surface area contributed by atoms with Gasteiger partial charge in [-0.1, -0.05) is 28.1 Å². The predicted octanol–water partition coefficient (Wildman–Crippen LogP) is 3.57. The lowest BCUT2D eigenvalue weighted by atomic mass is 9.99. The van der Waals surface area contributed by atoms with Gasteiger partial charge in [-0.15, -0.1) is 0 Å². The summed E-state index contributed by atoms with van der Waals surface area (Å²) < 4.78 is 46.8. The number of amides is 1. The Balaban J connectivity index is 1.47. The second kappa shape index (κ2) is 10.4. The molecule has 0 bridgehead atoms. The Morgan fingerprint density at radius 2 is 1.93 bits per heavy atom. The van der Waals surface area contributed by atoms with Crippen LogP contribution >= 0.6 is 15.9 Å². The maximum atomic E-state index is 13.5. The Hall–Kier alpha value is -1.97. The van der Waals surface area contributed by atoms with E-state index in [0.717, 1.165) is 4.47 Å². The molecule has 0 spiro atoms. The molecule has 1 fully saturated rings. The van der Waals surface area contributed by atoms with Crippen molar-refractivity contribution in [3.8, 4) is 5.75 Å². The van der Waals surface area contributed by atoms with Crippen LogP contribution in [0.3, 0.4) is 0 Å². The first-order chi connectivity index (χ1) is 14.4. The van der Waals surface area contributed by atoms with E-state index in [4.69, 9.17) is 4.74 Å². The molecule has 1 atom stereocenters. The fraction of sp³-hybridized carbons (Fsp3) is 0.381. The summed E-state index contributed by atoms with van der Waals surface area (Å²) in [4.78, 5) is 12.7. The van der Waals surface area contributed by atoms with Gasteiger partial charge in [-0.25, -0.2) is 12.8 Å². The van der Waals surface area contributed by atoms with Gasteiger partial charge in [0, 0.05) is 24.1 Å². The van der Waals surface area contributed by atoms with E-state index in [1.165, 1.54) is 10.4 Å². The number of benzene rings is 2. The first kappa shape index (κ1) is 22.7. The van der Waals surface area contributed by atoms with Gasteiger partial charge in [0.2, 0.25) is 15.9 Å². The van der Waals surface area contributed by atoms with Gasteiger partial charge in [-0.2, -0.15) is 4.31 Å². The van der Waals surface area contributed by atoms with Crippen molar-refractivity contribution < 1.29 is 22.3 Å². The molecule has 0 saturated carbocycles. The van der Waals surface area contributed by atoms with Crippen LogP contribution in [0.25, 0.3) is 0 Å². The molecule has 0 aromatic heterocycles. The molecule has 1 amide bonds. The van der Waals surface area contributed by atoms with Crippen molar-refractivity contribution in [1.82, 2.24) is 9.62 Å². The number of halogens is 2. The molecule has 162 valence electrons. The Kier molecular flexibility index (Phi) is 7.85. The molecule has 0 aliphatic carbocycles. The predicted molar refractivity (Wildman–Crippen MR) is 115 cm³/mol. The van der Waals surface area contributed by atoms with Crippen LogP contribution in [-0.4, -0.2) is 44.9 Å². The minimum absolute atomic E-state index is 0.163. The number of hydrogen-bond acceptors (Lipinski definition) is 4. The van der Waals surface area contributed by atoms with Gasteiger partial charge in [0.25, 0.3) is 0 Å². The second-order valence-electron chi connectivity index (χ2n) is 7.08. The van der Waals surface area contributed by atoms with Gasteiger partial charge in [-0.3, -0.25) is 4.79 Å². The van der Waals surface area contributed by atoms with Gasteiger partial charge in [0.05, 0.1) is 17.4 Å². The molecular formula is C21H24BrFN2O4S. The summed E-state index contributed by atoms with van der Waals surface area (Å²) in [5.41, 5.74) is 0. The molecular weight excluding hydrogens is 475 g/mol. The van der Waals surface area contributed by atoms with Crippen molar-refractivity contribution in [3.05, 3.63) is 58.8 Å². The zero-order valence-electron chi connectivity index (χ0n) is 16.4. The van der Waals surface area contributed by atoms with E-state index in [0.29, 0.717) is 32.4 Å². The number of nitrogens with one attached hydrogen (secondary N) is 1. The van der Waals surface area contributed by atoms with Crippen molar-refractivity contribution >= 4 is 31.9 Å². The molecule has 1 unspecified atom stereocenters. The lowest BCUT2D eigenvalue weighted by Crippen LogP contribution is -2.45.